The van der Waals surface area contributed by atoms with Gasteiger partial charge in [-0.3, -0.25) is 0 Å². The van der Waals surface area contributed by atoms with Gasteiger partial charge < -0.3 is 15.4 Å². The molecule has 0 aliphatic carbocycles. The summed E-state index contributed by atoms with van der Waals surface area (Å²) < 4.78 is 18.3. The minimum atomic E-state index is -0.426. The zero-order valence-electron chi connectivity index (χ0n) is 10.1. The number of nitrogens with one attached hydrogen (secondary N) is 2. The van der Waals surface area contributed by atoms with E-state index in [0.717, 1.165) is 0 Å². The molecule has 0 unspecified atom stereocenters. The van der Waals surface area contributed by atoms with Crippen molar-refractivity contribution in [1.29, 1.82) is 0 Å². The molecule has 2 aromatic rings. The van der Waals surface area contributed by atoms with E-state index < -0.39 is 5.82 Å². The van der Waals surface area contributed by atoms with Crippen molar-refractivity contribution in [2.24, 2.45) is 0 Å². The van der Waals surface area contributed by atoms with Crippen molar-refractivity contribution < 1.29 is 9.13 Å². The van der Waals surface area contributed by atoms with Crippen molar-refractivity contribution in [1.82, 2.24) is 9.97 Å². The molecule has 94 valence electrons. The first-order valence-corrected chi connectivity index (χ1v) is 5.34. The quantitative estimate of drug-likeness (QED) is 0.870. The highest BCUT2D eigenvalue weighted by molar-refractivity contribution is 5.58. The Morgan fingerprint density at radius 2 is 2.11 bits per heavy atom. The summed E-state index contributed by atoms with van der Waals surface area (Å²) in [5.41, 5.74) is 0.592. The number of anilines is 3. The molecule has 0 atom stereocenters. The van der Waals surface area contributed by atoms with E-state index in [0.29, 0.717) is 17.5 Å². The van der Waals surface area contributed by atoms with Crippen LogP contribution in [0.3, 0.4) is 0 Å². The average Bonchev–Trinajstić information content (AvgIpc) is 2.39. The molecule has 5 nitrogen and oxygen atoms in total. The van der Waals surface area contributed by atoms with Gasteiger partial charge in [0.05, 0.1) is 7.11 Å². The molecular formula is C12H13FN4O. The maximum atomic E-state index is 13.5. The molecular weight excluding hydrogens is 235 g/mol. The lowest BCUT2D eigenvalue weighted by Crippen LogP contribution is -2.00. The summed E-state index contributed by atoms with van der Waals surface area (Å²) in [6, 6.07) is 6.31. The van der Waals surface area contributed by atoms with E-state index in [1.54, 1.807) is 31.4 Å². The largest absolute Gasteiger partial charge is 0.494 e. The first-order valence-electron chi connectivity index (χ1n) is 5.34. The van der Waals surface area contributed by atoms with E-state index in [2.05, 4.69) is 20.6 Å². The average molecular weight is 248 g/mol. The number of hydrogen-bond acceptors (Lipinski definition) is 5. The van der Waals surface area contributed by atoms with Crippen LogP contribution in [0.15, 0.2) is 30.5 Å². The van der Waals surface area contributed by atoms with Crippen LogP contribution in [0.25, 0.3) is 0 Å². The summed E-state index contributed by atoms with van der Waals surface area (Å²) in [5.74, 6) is 0.859. The fourth-order valence-corrected chi connectivity index (χ4v) is 1.44. The molecule has 0 aliphatic rings. The predicted octanol–water partition coefficient (Wildman–Crippen LogP) is 2.41. The third kappa shape index (κ3) is 2.65. The van der Waals surface area contributed by atoms with Crippen molar-refractivity contribution in [2.75, 3.05) is 24.8 Å². The van der Waals surface area contributed by atoms with Gasteiger partial charge in [0, 0.05) is 25.0 Å². The Balaban J connectivity index is 2.20. The summed E-state index contributed by atoms with van der Waals surface area (Å²) in [6.07, 6.45) is 1.61. The Hall–Kier alpha value is -2.37. The second-order valence-electron chi connectivity index (χ2n) is 3.49. The number of methoxy groups -OCH3 is 1. The van der Waals surface area contributed by atoms with Crippen molar-refractivity contribution in [2.45, 2.75) is 0 Å². The number of halogens is 1. The van der Waals surface area contributed by atoms with Crippen LogP contribution in [0.5, 0.6) is 5.75 Å². The van der Waals surface area contributed by atoms with Gasteiger partial charge in [0.2, 0.25) is 5.95 Å². The van der Waals surface area contributed by atoms with Crippen molar-refractivity contribution in [3.8, 4) is 5.75 Å². The predicted molar refractivity (Wildman–Crippen MR) is 67.8 cm³/mol. The number of hydrogen-bond donors (Lipinski definition) is 2. The SMILES string of the molecule is CNc1nccc(Nc2ccc(OC)c(F)c2)n1. The van der Waals surface area contributed by atoms with Crippen molar-refractivity contribution in [3.05, 3.63) is 36.3 Å². The topological polar surface area (TPSA) is 59.1 Å². The first kappa shape index (κ1) is 12.1. The van der Waals surface area contributed by atoms with E-state index in [9.17, 15) is 4.39 Å². The zero-order valence-corrected chi connectivity index (χ0v) is 10.1. The summed E-state index contributed by atoms with van der Waals surface area (Å²) in [4.78, 5) is 8.16. The molecule has 6 heteroatoms. The fourth-order valence-electron chi connectivity index (χ4n) is 1.44. The normalized spacial score (nSPS) is 9.94. The van der Waals surface area contributed by atoms with Crippen LogP contribution < -0.4 is 15.4 Å². The monoisotopic (exact) mass is 248 g/mol. The van der Waals surface area contributed by atoms with Gasteiger partial charge in [0.25, 0.3) is 0 Å². The second-order valence-corrected chi connectivity index (χ2v) is 3.49. The lowest BCUT2D eigenvalue weighted by Gasteiger charge is -2.08. The number of nitrogens with zero attached hydrogens (tertiary/aromatic N) is 2. The molecule has 0 saturated carbocycles. The Bertz CT molecular complexity index is 547. The molecule has 1 aromatic heterocycles. The number of benzene rings is 1. The second kappa shape index (κ2) is 5.31. The third-order valence-electron chi connectivity index (χ3n) is 2.30. The Morgan fingerprint density at radius 1 is 1.28 bits per heavy atom. The minimum Gasteiger partial charge on any atom is -0.494 e. The molecule has 0 fully saturated rings. The number of aromatic nitrogens is 2. The molecule has 0 bridgehead atoms. The van der Waals surface area contributed by atoms with E-state index in [4.69, 9.17) is 4.74 Å². The van der Waals surface area contributed by atoms with Crippen LogP contribution in [0.2, 0.25) is 0 Å². The van der Waals surface area contributed by atoms with E-state index in [-0.39, 0.29) is 5.75 Å². The maximum absolute atomic E-state index is 13.5. The molecule has 0 radical (unpaired) electrons. The third-order valence-corrected chi connectivity index (χ3v) is 2.30. The van der Waals surface area contributed by atoms with Crippen molar-refractivity contribution >= 4 is 17.5 Å². The standard InChI is InChI=1S/C12H13FN4O/c1-14-12-15-6-5-11(17-12)16-8-3-4-10(18-2)9(13)7-8/h3-7H,1-2H3,(H2,14,15,16,17). The van der Waals surface area contributed by atoms with Gasteiger partial charge in [-0.2, -0.15) is 4.98 Å². The summed E-state index contributed by atoms with van der Waals surface area (Å²) in [7, 11) is 3.15. The molecule has 18 heavy (non-hydrogen) atoms. The summed E-state index contributed by atoms with van der Waals surface area (Å²) >= 11 is 0. The van der Waals surface area contributed by atoms with Gasteiger partial charge in [-0.25, -0.2) is 9.37 Å². The van der Waals surface area contributed by atoms with E-state index in [1.165, 1.54) is 13.2 Å². The number of ether oxygens (including phenoxy) is 1. The lowest BCUT2D eigenvalue weighted by molar-refractivity contribution is 0.386. The van der Waals surface area contributed by atoms with Crippen LogP contribution in [0.4, 0.5) is 21.8 Å². The summed E-state index contributed by atoms with van der Waals surface area (Å²) in [6.45, 7) is 0. The maximum Gasteiger partial charge on any atom is 0.224 e. The van der Waals surface area contributed by atoms with Crippen LogP contribution in [0, 0.1) is 5.82 Å². The van der Waals surface area contributed by atoms with Crippen LogP contribution in [0.1, 0.15) is 0 Å². The van der Waals surface area contributed by atoms with Gasteiger partial charge in [-0.1, -0.05) is 0 Å². The van der Waals surface area contributed by atoms with Crippen LogP contribution in [-0.4, -0.2) is 24.1 Å². The Morgan fingerprint density at radius 3 is 2.78 bits per heavy atom. The van der Waals surface area contributed by atoms with Crippen molar-refractivity contribution in [3.63, 3.8) is 0 Å². The molecule has 0 spiro atoms. The fraction of sp³-hybridized carbons (Fsp3) is 0.167. The van der Waals surface area contributed by atoms with Gasteiger partial charge in [-0.15, -0.1) is 0 Å². The lowest BCUT2D eigenvalue weighted by atomic mass is 10.3. The van der Waals surface area contributed by atoms with Crippen LogP contribution >= 0.6 is 0 Å². The van der Waals surface area contributed by atoms with Gasteiger partial charge in [-0.05, 0) is 18.2 Å². The number of rotatable bonds is 4. The van der Waals surface area contributed by atoms with Gasteiger partial charge in [0.1, 0.15) is 5.82 Å². The first-order chi connectivity index (χ1) is 8.72. The summed E-state index contributed by atoms with van der Waals surface area (Å²) in [5, 5.41) is 5.81. The Labute approximate surface area is 104 Å². The highest BCUT2D eigenvalue weighted by Gasteiger charge is 2.04. The molecule has 2 N–H and O–H groups in total. The zero-order chi connectivity index (χ0) is 13.0. The molecule has 0 saturated heterocycles. The minimum absolute atomic E-state index is 0.208. The molecule has 0 aliphatic heterocycles. The Kier molecular flexibility index (Phi) is 3.57. The smallest absolute Gasteiger partial charge is 0.224 e. The van der Waals surface area contributed by atoms with Gasteiger partial charge >= 0.3 is 0 Å². The molecule has 2 rings (SSSR count). The highest BCUT2D eigenvalue weighted by atomic mass is 19.1. The molecule has 0 amide bonds. The molecule has 1 aromatic carbocycles. The van der Waals surface area contributed by atoms with Gasteiger partial charge in [0.15, 0.2) is 11.6 Å². The van der Waals surface area contributed by atoms with Crippen LogP contribution in [-0.2, 0) is 0 Å². The van der Waals surface area contributed by atoms with E-state index in [1.807, 2.05) is 0 Å². The van der Waals surface area contributed by atoms with E-state index >= 15 is 0 Å². The molecule has 1 heterocycles. The highest BCUT2D eigenvalue weighted by Crippen LogP contribution is 2.22.